The smallest absolute Gasteiger partial charge is 0.282 e. The van der Waals surface area contributed by atoms with Crippen molar-refractivity contribution in [3.63, 3.8) is 0 Å². The SMILES string of the molecule is CC1(C)CC(=O)SC1(C)C.CC1=C(C)C(=O)CS1.CC1=C(C)SC(=O)C1.CC1N(C)C(=O)SC1(C)C.Cc1cc(=O)n(C)s1.Cc1nsc(C)c1C. The van der Waals surface area contributed by atoms with Crippen LogP contribution in [0.4, 0.5) is 4.79 Å². The van der Waals surface area contributed by atoms with E-state index in [1.807, 2.05) is 48.6 Å². The minimum atomic E-state index is 0.0891. The lowest BCUT2D eigenvalue weighted by atomic mass is 9.78. The van der Waals surface area contributed by atoms with Crippen LogP contribution in [0, 0.1) is 33.1 Å². The van der Waals surface area contributed by atoms with Crippen molar-refractivity contribution in [2.75, 3.05) is 12.8 Å². The van der Waals surface area contributed by atoms with Crippen molar-refractivity contribution in [3.8, 4) is 0 Å². The van der Waals surface area contributed by atoms with Crippen molar-refractivity contribution in [1.29, 1.82) is 0 Å². The molecule has 4 aliphatic rings. The lowest BCUT2D eigenvalue weighted by Crippen LogP contribution is -2.35. The van der Waals surface area contributed by atoms with Crippen LogP contribution in [-0.4, -0.2) is 62.8 Å². The maximum Gasteiger partial charge on any atom is 0.282 e. The van der Waals surface area contributed by atoms with Crippen LogP contribution in [-0.2, 0) is 21.4 Å². The maximum atomic E-state index is 11.1. The van der Waals surface area contributed by atoms with E-state index in [0.717, 1.165) is 16.9 Å². The molecule has 2 fully saturated rings. The van der Waals surface area contributed by atoms with Crippen molar-refractivity contribution in [1.82, 2.24) is 13.2 Å². The Balaban J connectivity index is 0.000000313. The minimum Gasteiger partial charge on any atom is -0.333 e. The molecule has 2 aromatic rings. The molecular formula is C38H59N3O5S6. The summed E-state index contributed by atoms with van der Waals surface area (Å²) in [5.74, 6) is 0.963. The predicted octanol–water partition coefficient (Wildman–Crippen LogP) is 10.8. The van der Waals surface area contributed by atoms with Crippen LogP contribution in [0.5, 0.6) is 0 Å². The monoisotopic (exact) mass is 829 g/mol. The molecular weight excluding hydrogens is 771 g/mol. The second kappa shape index (κ2) is 20.4. The number of ketones is 1. The molecule has 1 amide bonds. The summed E-state index contributed by atoms with van der Waals surface area (Å²) in [6, 6.07) is 1.98. The van der Waals surface area contributed by atoms with Gasteiger partial charge >= 0.3 is 0 Å². The fourth-order valence-electron chi connectivity index (χ4n) is 4.34. The number of allylic oxidation sites excluding steroid dienone is 4. The Kier molecular flexibility index (Phi) is 19.0. The second-order valence-electron chi connectivity index (χ2n) is 14.8. The Labute approximate surface area is 337 Å². The molecule has 6 heterocycles. The number of carbonyl (C=O) groups is 4. The van der Waals surface area contributed by atoms with Gasteiger partial charge in [0.05, 0.1) is 11.4 Å². The van der Waals surface area contributed by atoms with Crippen molar-refractivity contribution in [2.45, 2.75) is 132 Å². The summed E-state index contributed by atoms with van der Waals surface area (Å²) < 4.78 is 5.98. The molecule has 6 rings (SSSR count). The van der Waals surface area contributed by atoms with Gasteiger partial charge in [0.25, 0.3) is 10.8 Å². The minimum absolute atomic E-state index is 0.0891. The first-order chi connectivity index (χ1) is 23.6. The number of aromatic nitrogens is 2. The molecule has 0 aliphatic carbocycles. The van der Waals surface area contributed by atoms with Crippen molar-refractivity contribution < 1.29 is 19.2 Å². The van der Waals surface area contributed by atoms with Crippen molar-refractivity contribution in [2.24, 2.45) is 12.5 Å². The number of hydrogen-bond donors (Lipinski definition) is 0. The summed E-state index contributed by atoms with van der Waals surface area (Å²) >= 11 is 8.98. The molecule has 0 N–H and O–H groups in total. The Morgan fingerprint density at radius 1 is 0.808 bits per heavy atom. The number of aryl methyl sites for hydroxylation is 4. The van der Waals surface area contributed by atoms with Gasteiger partial charge in [-0.25, -0.2) is 0 Å². The fraction of sp³-hybridized carbons (Fsp3) is 0.632. The summed E-state index contributed by atoms with van der Waals surface area (Å²) in [5, 5.41) is 0.826. The first-order valence-corrected chi connectivity index (χ1v) is 22.0. The second-order valence-corrected chi connectivity index (χ2v) is 22.9. The summed E-state index contributed by atoms with van der Waals surface area (Å²) in [6.45, 7) is 30.9. The summed E-state index contributed by atoms with van der Waals surface area (Å²) in [4.78, 5) is 60.6. The Hall–Kier alpha value is -1.58. The van der Waals surface area contributed by atoms with Gasteiger partial charge in [0.1, 0.15) is 0 Å². The Morgan fingerprint density at radius 3 is 1.50 bits per heavy atom. The third-order valence-corrected chi connectivity index (χ3v) is 16.5. The first kappa shape index (κ1) is 48.4. The van der Waals surface area contributed by atoms with Gasteiger partial charge in [-0.15, -0.1) is 11.8 Å². The highest BCUT2D eigenvalue weighted by Gasteiger charge is 2.46. The number of thioether (sulfide) groups is 4. The van der Waals surface area contributed by atoms with Gasteiger partial charge in [0.15, 0.2) is 16.0 Å². The summed E-state index contributed by atoms with van der Waals surface area (Å²) in [6.07, 6.45) is 1.39. The number of hydrogen-bond acceptors (Lipinski definition) is 12. The largest absolute Gasteiger partial charge is 0.333 e. The fourth-order valence-corrected chi connectivity index (χ4v) is 9.97. The van der Waals surface area contributed by atoms with E-state index in [9.17, 15) is 24.0 Å². The number of Topliss-reactive ketones (excluding diaryl/α,β-unsaturated/α-hetero) is 1. The molecule has 0 aromatic carbocycles. The summed E-state index contributed by atoms with van der Waals surface area (Å²) in [7, 11) is 3.62. The number of carbonyl (C=O) groups excluding carboxylic acids is 4. The average Bonchev–Trinajstić information content (AvgIpc) is 3.77. The quantitative estimate of drug-likeness (QED) is 0.255. The van der Waals surface area contributed by atoms with E-state index in [2.05, 4.69) is 66.7 Å². The van der Waals surface area contributed by atoms with Gasteiger partial charge in [-0.2, -0.15) is 4.37 Å². The van der Waals surface area contributed by atoms with E-state index in [1.54, 1.807) is 45.3 Å². The van der Waals surface area contributed by atoms with E-state index in [-0.39, 0.29) is 25.7 Å². The van der Waals surface area contributed by atoms with Crippen LogP contribution in [0.25, 0.3) is 0 Å². The maximum absolute atomic E-state index is 11.1. The van der Waals surface area contributed by atoms with E-state index in [0.29, 0.717) is 34.2 Å². The highest BCUT2D eigenvalue weighted by molar-refractivity contribution is 8.17. The number of amides is 1. The van der Waals surface area contributed by atoms with Crippen molar-refractivity contribution in [3.05, 3.63) is 58.4 Å². The Morgan fingerprint density at radius 2 is 1.38 bits per heavy atom. The third-order valence-electron chi connectivity index (χ3n) is 9.76. The zero-order chi connectivity index (χ0) is 40.5. The normalized spacial score (nSPS) is 20.9. The molecule has 4 aliphatic heterocycles. The van der Waals surface area contributed by atoms with Gasteiger partial charge < -0.3 is 4.90 Å². The van der Waals surface area contributed by atoms with Gasteiger partial charge in [-0.3, -0.25) is 27.9 Å². The molecule has 0 saturated carbocycles. The molecule has 0 bridgehead atoms. The highest BCUT2D eigenvalue weighted by atomic mass is 32.2. The van der Waals surface area contributed by atoms with E-state index in [4.69, 9.17) is 0 Å². The molecule has 14 heteroatoms. The molecule has 2 aromatic heterocycles. The van der Waals surface area contributed by atoms with E-state index < -0.39 is 0 Å². The topological polar surface area (TPSA) is 106 Å². The Bertz CT molecular complexity index is 1670. The zero-order valence-corrected chi connectivity index (χ0v) is 39.0. The van der Waals surface area contributed by atoms with Gasteiger partial charge in [0.2, 0.25) is 0 Å². The first-order valence-electron chi connectivity index (χ1n) is 17.0. The van der Waals surface area contributed by atoms with E-state index >= 15 is 0 Å². The molecule has 0 radical (unpaired) electrons. The summed E-state index contributed by atoms with van der Waals surface area (Å²) in [5.41, 5.74) is 4.97. The van der Waals surface area contributed by atoms with Gasteiger partial charge in [-0.05, 0) is 122 Å². The molecule has 52 heavy (non-hydrogen) atoms. The number of nitrogens with zero attached hydrogens (tertiary/aromatic N) is 3. The van der Waals surface area contributed by atoms with Crippen LogP contribution in [0.15, 0.2) is 31.8 Å². The standard InChI is InChI=1S/C8H14OS.C7H13NOS.C6H9NS.2C6H8OS.C5H7NOS/c1-7(2)5-6(9)10-8(7,3)4;1-5-7(2,3)10-6(9)8(5)4;1-4-5(2)7-8-6(4)3;1-4-5(2)8-3-6(4)7;1-4-3-6(7)8-5(4)2;1-4-3-5(7)6(2)8-4/h5H2,1-4H3;5H,1-4H3;1-3H3;2*3H2,1-2H3;3H,1-2H3. The molecule has 0 spiro atoms. The van der Waals surface area contributed by atoms with Gasteiger partial charge in [0, 0.05) is 63.9 Å². The molecule has 8 nitrogen and oxygen atoms in total. The molecule has 292 valence electrons. The van der Waals surface area contributed by atoms with Gasteiger partial charge in [-0.1, -0.05) is 66.2 Å². The third kappa shape index (κ3) is 14.6. The van der Waals surface area contributed by atoms with Crippen LogP contribution in [0.2, 0.25) is 0 Å². The number of rotatable bonds is 0. The van der Waals surface area contributed by atoms with Crippen LogP contribution < -0.4 is 5.56 Å². The van der Waals surface area contributed by atoms with E-state index in [1.165, 1.54) is 78.3 Å². The lowest BCUT2D eigenvalue weighted by molar-refractivity contribution is -0.113. The van der Waals surface area contributed by atoms with Crippen LogP contribution >= 0.6 is 70.1 Å². The zero-order valence-electron chi connectivity index (χ0n) is 34.1. The molecule has 1 unspecified atom stereocenters. The molecule has 2 saturated heterocycles. The predicted molar refractivity (Wildman–Crippen MR) is 231 cm³/mol. The lowest BCUT2D eigenvalue weighted by Gasteiger charge is -2.32. The van der Waals surface area contributed by atoms with Crippen LogP contribution in [0.3, 0.4) is 0 Å². The van der Waals surface area contributed by atoms with Crippen LogP contribution in [0.1, 0.15) is 110 Å². The highest BCUT2D eigenvalue weighted by Crippen LogP contribution is 2.51. The average molecular weight is 830 g/mol. The molecule has 1 atom stereocenters. The van der Waals surface area contributed by atoms with Crippen molar-refractivity contribution >= 4 is 91.4 Å².